The third-order valence-corrected chi connectivity index (χ3v) is 3.36. The van der Waals surface area contributed by atoms with Gasteiger partial charge in [0.15, 0.2) is 0 Å². The van der Waals surface area contributed by atoms with E-state index >= 15 is 0 Å². The van der Waals surface area contributed by atoms with E-state index in [1.54, 1.807) is 6.07 Å². The van der Waals surface area contributed by atoms with Crippen molar-refractivity contribution < 1.29 is 13.2 Å². The normalized spacial score (nSPS) is 15.8. The lowest BCUT2D eigenvalue weighted by Gasteiger charge is -2.15. The molecule has 4 nitrogen and oxygen atoms in total. The van der Waals surface area contributed by atoms with Gasteiger partial charge in [-0.2, -0.15) is 0 Å². The summed E-state index contributed by atoms with van der Waals surface area (Å²) >= 11 is 0. The van der Waals surface area contributed by atoms with Gasteiger partial charge in [0.25, 0.3) is 0 Å². The molecule has 0 radical (unpaired) electrons. The maximum Gasteiger partial charge on any atom is 0.229 e. The maximum atomic E-state index is 11.2. The monoisotopic (exact) mass is 269 g/mol. The fourth-order valence-corrected chi connectivity index (χ4v) is 2.31. The van der Waals surface area contributed by atoms with Gasteiger partial charge < -0.3 is 4.74 Å². The second-order valence-corrected chi connectivity index (χ2v) is 6.85. The molecule has 1 aromatic carbocycles. The van der Waals surface area contributed by atoms with Crippen LogP contribution in [0.5, 0.6) is 5.75 Å². The fraction of sp³-hybridized carbons (Fsp3) is 0.538. The second-order valence-electron chi connectivity index (χ2n) is 5.10. The van der Waals surface area contributed by atoms with Gasteiger partial charge in [-0.15, -0.1) is 0 Å². The van der Waals surface area contributed by atoms with Gasteiger partial charge in [-0.05, 0) is 42.5 Å². The summed E-state index contributed by atoms with van der Waals surface area (Å²) in [6, 6.07) is 5.44. The first-order chi connectivity index (χ1) is 8.35. The van der Waals surface area contributed by atoms with E-state index in [1.807, 2.05) is 12.1 Å². The Labute approximate surface area is 108 Å². The first-order valence-electron chi connectivity index (χ1n) is 6.13. The molecule has 1 aromatic rings. The quantitative estimate of drug-likeness (QED) is 0.894. The summed E-state index contributed by atoms with van der Waals surface area (Å²) in [4.78, 5) is 0. The van der Waals surface area contributed by atoms with Crippen LogP contribution in [0.1, 0.15) is 38.2 Å². The van der Waals surface area contributed by atoms with Crippen LogP contribution in [0.25, 0.3) is 0 Å². The van der Waals surface area contributed by atoms with Crippen molar-refractivity contribution in [1.29, 1.82) is 0 Å². The van der Waals surface area contributed by atoms with E-state index in [-0.39, 0.29) is 0 Å². The van der Waals surface area contributed by atoms with Crippen LogP contribution in [-0.2, 0) is 10.0 Å². The summed E-state index contributed by atoms with van der Waals surface area (Å²) in [6.45, 7) is 4.14. The van der Waals surface area contributed by atoms with Crippen molar-refractivity contribution in [2.24, 2.45) is 0 Å². The number of hydrogen-bond acceptors (Lipinski definition) is 3. The van der Waals surface area contributed by atoms with Crippen LogP contribution < -0.4 is 9.46 Å². The Kier molecular flexibility index (Phi) is 3.52. The minimum Gasteiger partial charge on any atom is -0.490 e. The highest BCUT2D eigenvalue weighted by Gasteiger charge is 2.25. The second kappa shape index (κ2) is 4.80. The molecule has 0 bridgehead atoms. The van der Waals surface area contributed by atoms with Crippen molar-refractivity contribution in [2.45, 2.75) is 38.7 Å². The van der Waals surface area contributed by atoms with E-state index in [1.165, 1.54) is 0 Å². The highest BCUT2D eigenvalue weighted by atomic mass is 32.2. The predicted octanol–water partition coefficient (Wildman–Crippen LogP) is 2.72. The summed E-state index contributed by atoms with van der Waals surface area (Å²) in [5, 5.41) is 0. The summed E-state index contributed by atoms with van der Waals surface area (Å²) in [5.41, 5.74) is 1.62. The lowest BCUT2D eigenvalue weighted by molar-refractivity contribution is 0.299. The van der Waals surface area contributed by atoms with E-state index < -0.39 is 10.0 Å². The van der Waals surface area contributed by atoms with Crippen molar-refractivity contribution in [3.8, 4) is 5.75 Å². The van der Waals surface area contributed by atoms with Gasteiger partial charge in [0.1, 0.15) is 5.75 Å². The van der Waals surface area contributed by atoms with Crippen molar-refractivity contribution in [3.63, 3.8) is 0 Å². The number of hydrogen-bond donors (Lipinski definition) is 1. The molecule has 1 aliphatic rings. The fourth-order valence-electron chi connectivity index (χ4n) is 1.75. The Bertz CT molecular complexity index is 533. The molecule has 1 saturated carbocycles. The summed E-state index contributed by atoms with van der Waals surface area (Å²) in [5.74, 6) is 1.16. The van der Waals surface area contributed by atoms with Crippen LogP contribution in [0.15, 0.2) is 18.2 Å². The Morgan fingerprint density at radius 3 is 2.50 bits per heavy atom. The SMILES string of the molecule is CC(C)c1cc(NS(C)(=O)=O)ccc1OC1CC1. The predicted molar refractivity (Wildman–Crippen MR) is 72.6 cm³/mol. The summed E-state index contributed by atoms with van der Waals surface area (Å²) < 4.78 is 30.7. The van der Waals surface area contributed by atoms with Crippen molar-refractivity contribution in [1.82, 2.24) is 0 Å². The molecule has 1 N–H and O–H groups in total. The number of benzene rings is 1. The molecule has 0 spiro atoms. The summed E-state index contributed by atoms with van der Waals surface area (Å²) in [7, 11) is -3.23. The Balaban J connectivity index is 2.27. The molecule has 5 heteroatoms. The standard InChI is InChI=1S/C13H19NO3S/c1-9(2)12-8-10(14-18(3,15)16)4-7-13(12)17-11-5-6-11/h4,7-9,11,14H,5-6H2,1-3H3. The molecule has 0 saturated heterocycles. The van der Waals surface area contributed by atoms with E-state index in [9.17, 15) is 8.42 Å². The molecule has 2 rings (SSSR count). The largest absolute Gasteiger partial charge is 0.490 e. The van der Waals surface area contributed by atoms with Gasteiger partial charge in [0.05, 0.1) is 12.4 Å². The average molecular weight is 269 g/mol. The zero-order valence-corrected chi connectivity index (χ0v) is 11.8. The van der Waals surface area contributed by atoms with E-state index in [0.29, 0.717) is 17.7 Å². The molecule has 1 fully saturated rings. The highest BCUT2D eigenvalue weighted by Crippen LogP contribution is 2.34. The van der Waals surface area contributed by atoms with Crippen molar-refractivity contribution in [3.05, 3.63) is 23.8 Å². The minimum absolute atomic E-state index is 0.292. The van der Waals surface area contributed by atoms with Gasteiger partial charge in [0, 0.05) is 5.69 Å². The Morgan fingerprint density at radius 1 is 1.33 bits per heavy atom. The van der Waals surface area contributed by atoms with Gasteiger partial charge in [0.2, 0.25) is 10.0 Å². The molecule has 100 valence electrons. The molecule has 18 heavy (non-hydrogen) atoms. The van der Waals surface area contributed by atoms with Crippen molar-refractivity contribution >= 4 is 15.7 Å². The third-order valence-electron chi connectivity index (χ3n) is 2.75. The number of sulfonamides is 1. The lowest BCUT2D eigenvalue weighted by atomic mass is 10.0. The van der Waals surface area contributed by atoms with Gasteiger partial charge in [-0.1, -0.05) is 13.8 Å². The van der Waals surface area contributed by atoms with Crippen molar-refractivity contribution in [2.75, 3.05) is 11.0 Å². The zero-order chi connectivity index (χ0) is 13.3. The number of anilines is 1. The maximum absolute atomic E-state index is 11.2. The zero-order valence-electron chi connectivity index (χ0n) is 10.9. The smallest absolute Gasteiger partial charge is 0.229 e. The van der Waals surface area contributed by atoms with Gasteiger partial charge in [-0.3, -0.25) is 4.72 Å². The number of ether oxygens (including phenoxy) is 1. The third kappa shape index (κ3) is 3.63. The molecule has 0 atom stereocenters. The first kappa shape index (κ1) is 13.2. The number of nitrogens with one attached hydrogen (secondary N) is 1. The average Bonchev–Trinajstić information content (AvgIpc) is 3.01. The number of rotatable bonds is 5. The van der Waals surface area contributed by atoms with Crippen LogP contribution >= 0.6 is 0 Å². The molecule has 0 aromatic heterocycles. The lowest BCUT2D eigenvalue weighted by Crippen LogP contribution is -2.10. The Morgan fingerprint density at radius 2 is 2.00 bits per heavy atom. The van der Waals surface area contributed by atoms with Crippen LogP contribution in [-0.4, -0.2) is 20.8 Å². The topological polar surface area (TPSA) is 55.4 Å². The minimum atomic E-state index is -3.23. The molecule has 0 unspecified atom stereocenters. The van der Waals surface area contributed by atoms with Crippen LogP contribution in [0.3, 0.4) is 0 Å². The van der Waals surface area contributed by atoms with Gasteiger partial charge in [-0.25, -0.2) is 8.42 Å². The highest BCUT2D eigenvalue weighted by molar-refractivity contribution is 7.92. The van der Waals surface area contributed by atoms with Crippen LogP contribution in [0, 0.1) is 0 Å². The van der Waals surface area contributed by atoms with E-state index in [4.69, 9.17) is 4.74 Å². The molecule has 0 heterocycles. The molecular formula is C13H19NO3S. The molecular weight excluding hydrogens is 250 g/mol. The molecule has 0 amide bonds. The van der Waals surface area contributed by atoms with E-state index in [2.05, 4.69) is 18.6 Å². The van der Waals surface area contributed by atoms with E-state index in [0.717, 1.165) is 30.4 Å². The van der Waals surface area contributed by atoms with Crippen LogP contribution in [0.2, 0.25) is 0 Å². The van der Waals surface area contributed by atoms with Gasteiger partial charge >= 0.3 is 0 Å². The van der Waals surface area contributed by atoms with Crippen LogP contribution in [0.4, 0.5) is 5.69 Å². The molecule has 0 aliphatic heterocycles. The summed E-state index contributed by atoms with van der Waals surface area (Å²) in [6.07, 6.45) is 3.72. The molecule has 1 aliphatic carbocycles. The first-order valence-corrected chi connectivity index (χ1v) is 8.02. The Hall–Kier alpha value is -1.23.